The molecule has 0 unspecified atom stereocenters. The van der Waals surface area contributed by atoms with E-state index in [2.05, 4.69) is 0 Å². The van der Waals surface area contributed by atoms with Gasteiger partial charge in [0.2, 0.25) is 0 Å². The molecule has 0 saturated heterocycles. The van der Waals surface area contributed by atoms with Crippen molar-refractivity contribution in [1.82, 2.24) is 0 Å². The normalized spacial score (nSPS) is 8.67. The maximum Gasteiger partial charge on any atom is 0.431 e. The van der Waals surface area contributed by atoms with E-state index >= 15 is 0 Å². The summed E-state index contributed by atoms with van der Waals surface area (Å²) in [7, 11) is 0.873. The zero-order valence-electron chi connectivity index (χ0n) is 4.23. The average Bonchev–Trinajstić information content (AvgIpc) is 1.61. The van der Waals surface area contributed by atoms with Crippen molar-refractivity contribution in [2.45, 2.75) is 0 Å². The Morgan fingerprint density at radius 3 is 2.67 bits per heavy atom. The summed E-state index contributed by atoms with van der Waals surface area (Å²) in [5, 5.41) is 0. The van der Waals surface area contributed by atoms with Crippen LogP contribution >= 0.6 is 0 Å². The first-order valence-electron chi connectivity index (χ1n) is 1.89. The zero-order valence-corrected chi connectivity index (χ0v) is 9.64. The largest absolute Gasteiger partial charge is 0.643 e. The molecule has 0 aliphatic rings. The van der Waals surface area contributed by atoms with Crippen LogP contribution in [0.15, 0.2) is 0 Å². The highest BCUT2D eigenvalue weighted by Crippen LogP contribution is 1.59. The molecule has 5 heteroatoms. The van der Waals surface area contributed by atoms with Gasteiger partial charge in [-0.3, -0.25) is 0 Å². The fourth-order valence-corrected chi connectivity index (χ4v) is 1.50. The number of hydrogen-bond donors (Lipinski definition) is 0. The highest BCUT2D eigenvalue weighted by atomic mass is 28.2. The maximum atomic E-state index is 4.96. The first-order valence-corrected chi connectivity index (χ1v) is 5.10. The van der Waals surface area contributed by atoms with Gasteiger partial charge in [0.05, 0.1) is 0 Å². The van der Waals surface area contributed by atoms with Crippen LogP contribution < -0.4 is 0 Å². The van der Waals surface area contributed by atoms with E-state index in [1.165, 1.54) is 0 Å². The molecule has 0 spiro atoms. The van der Waals surface area contributed by atoms with Gasteiger partial charge in [-0.05, 0) is 0 Å². The van der Waals surface area contributed by atoms with E-state index in [9.17, 15) is 0 Å². The SMILES string of the molecule is [AlH2][O][AlH][CH2]O[SiH3]. The second-order valence-electron chi connectivity index (χ2n) is 0.986. The Morgan fingerprint density at radius 1 is 1.83 bits per heavy atom. The quantitative estimate of drug-likeness (QED) is 0.306. The van der Waals surface area contributed by atoms with E-state index in [-0.39, 0.29) is 15.6 Å². The Bertz CT molecular complexity index is 23.5. The van der Waals surface area contributed by atoms with Gasteiger partial charge in [0, 0.05) is 5.47 Å². The summed E-state index contributed by atoms with van der Waals surface area (Å²) in [4.78, 5) is 0. The molecular weight excluding hydrogens is 126 g/mol. The molecule has 0 N–H and O–H groups in total. The van der Waals surface area contributed by atoms with Crippen LogP contribution in [0.4, 0.5) is 0 Å². The lowest BCUT2D eigenvalue weighted by atomic mass is 11.7. The predicted molar refractivity (Wildman–Crippen MR) is 32.7 cm³/mol. The molecule has 0 rings (SSSR count). The van der Waals surface area contributed by atoms with E-state index in [0.717, 1.165) is 32.6 Å². The summed E-state index contributed by atoms with van der Waals surface area (Å²) in [6, 6.07) is 0. The Morgan fingerprint density at radius 2 is 2.50 bits per heavy atom. The minimum atomic E-state index is -0.204. The number of hydrogen-bond acceptors (Lipinski definition) is 2. The lowest BCUT2D eigenvalue weighted by Gasteiger charge is -1.90. The summed E-state index contributed by atoms with van der Waals surface area (Å²) in [5.74, 6) is 0. The van der Waals surface area contributed by atoms with Crippen molar-refractivity contribution in [3.8, 4) is 0 Å². The van der Waals surface area contributed by atoms with Gasteiger partial charge in [-0.15, -0.1) is 0 Å². The predicted octanol–water partition coefficient (Wildman–Crippen LogP) is -2.84. The molecular formula is CH8Al2O2Si. The Hall–Kier alpha value is 1.20. The van der Waals surface area contributed by atoms with Crippen LogP contribution in [0.3, 0.4) is 0 Å². The molecule has 0 aromatic heterocycles. The molecule has 0 atom stereocenters. The van der Waals surface area contributed by atoms with Crippen molar-refractivity contribution < 1.29 is 7.27 Å². The fourth-order valence-electron chi connectivity index (χ4n) is 0.167. The smallest absolute Gasteiger partial charge is 0.431 e. The second kappa shape index (κ2) is 6.20. The van der Waals surface area contributed by atoms with Crippen molar-refractivity contribution in [1.29, 1.82) is 0 Å². The van der Waals surface area contributed by atoms with E-state index in [1.807, 2.05) is 0 Å². The third-order valence-corrected chi connectivity index (χ3v) is 3.92. The molecule has 0 aliphatic heterocycles. The van der Waals surface area contributed by atoms with Crippen LogP contribution in [-0.4, -0.2) is 48.1 Å². The summed E-state index contributed by atoms with van der Waals surface area (Å²) in [6.07, 6.45) is 0. The lowest BCUT2D eigenvalue weighted by Crippen LogP contribution is -2.03. The lowest BCUT2D eigenvalue weighted by molar-refractivity contribution is 0.408. The number of rotatable bonds is 3. The molecule has 34 valence electrons. The molecule has 0 aromatic rings. The Labute approximate surface area is 55.6 Å². The first kappa shape index (κ1) is 7.20. The van der Waals surface area contributed by atoms with Crippen molar-refractivity contribution in [2.24, 2.45) is 0 Å². The van der Waals surface area contributed by atoms with Crippen molar-refractivity contribution in [2.75, 3.05) is 5.47 Å². The van der Waals surface area contributed by atoms with Gasteiger partial charge in [-0.25, -0.2) is 0 Å². The fraction of sp³-hybridized carbons (Fsp3) is 1.00. The summed E-state index contributed by atoms with van der Waals surface area (Å²) in [5.41, 5.74) is 0.926. The minimum absolute atomic E-state index is 0.204. The van der Waals surface area contributed by atoms with Gasteiger partial charge >= 0.3 is 32.2 Å². The average molecular weight is 134 g/mol. The van der Waals surface area contributed by atoms with Crippen LogP contribution in [0.2, 0.25) is 0 Å². The van der Waals surface area contributed by atoms with Crippen LogP contribution in [0.5, 0.6) is 0 Å². The first-order chi connectivity index (χ1) is 2.91. The minimum Gasteiger partial charge on any atom is -0.643 e. The highest BCUT2D eigenvalue weighted by Gasteiger charge is 1.82. The monoisotopic (exact) mass is 134 g/mol. The molecule has 0 amide bonds. The molecule has 2 nitrogen and oxygen atoms in total. The molecule has 0 radical (unpaired) electrons. The van der Waals surface area contributed by atoms with Crippen molar-refractivity contribution >= 4 is 42.7 Å². The van der Waals surface area contributed by atoms with Crippen LogP contribution in [-0.2, 0) is 7.27 Å². The maximum absolute atomic E-state index is 4.96. The summed E-state index contributed by atoms with van der Waals surface area (Å²) < 4.78 is 9.84. The van der Waals surface area contributed by atoms with Gasteiger partial charge in [-0.2, -0.15) is 0 Å². The van der Waals surface area contributed by atoms with Crippen LogP contribution in [0.25, 0.3) is 0 Å². The Kier molecular flexibility index (Phi) is 7.44. The van der Waals surface area contributed by atoms with Crippen molar-refractivity contribution in [3.63, 3.8) is 0 Å². The second-order valence-corrected chi connectivity index (χ2v) is 4.69. The van der Waals surface area contributed by atoms with Crippen LogP contribution in [0.1, 0.15) is 0 Å². The van der Waals surface area contributed by atoms with Crippen LogP contribution in [0, 0.1) is 0 Å². The molecule has 0 heterocycles. The standard InChI is InChI=1S/CH5OSi.2Al.O.3H/c1-2-3;;;;;;/h1H2,3H3;;;;;;. The third kappa shape index (κ3) is 5.20. The highest BCUT2D eigenvalue weighted by molar-refractivity contribution is 6.34. The van der Waals surface area contributed by atoms with E-state index in [4.69, 9.17) is 7.27 Å². The van der Waals surface area contributed by atoms with E-state index < -0.39 is 0 Å². The summed E-state index contributed by atoms with van der Waals surface area (Å²) >= 11 is 0.696. The van der Waals surface area contributed by atoms with Crippen molar-refractivity contribution in [3.05, 3.63) is 0 Å². The van der Waals surface area contributed by atoms with Gasteiger partial charge in [0.1, 0.15) is 10.5 Å². The topological polar surface area (TPSA) is 18.5 Å². The van der Waals surface area contributed by atoms with Gasteiger partial charge in [0.25, 0.3) is 0 Å². The van der Waals surface area contributed by atoms with E-state index in [1.54, 1.807) is 0 Å². The zero-order chi connectivity index (χ0) is 4.83. The molecule has 0 fully saturated rings. The van der Waals surface area contributed by atoms with Gasteiger partial charge in [0.15, 0.2) is 0 Å². The van der Waals surface area contributed by atoms with E-state index in [0.29, 0.717) is 0 Å². The molecule has 0 aliphatic carbocycles. The Balaban J connectivity index is 2.34. The molecule has 0 aromatic carbocycles. The molecule has 6 heavy (non-hydrogen) atoms. The van der Waals surface area contributed by atoms with Gasteiger partial charge < -0.3 is 7.27 Å². The third-order valence-electron chi connectivity index (χ3n) is 0.492. The van der Waals surface area contributed by atoms with Gasteiger partial charge in [-0.1, -0.05) is 0 Å². The summed E-state index contributed by atoms with van der Waals surface area (Å²) in [6.45, 7) is 0. The molecule has 0 saturated carbocycles. The molecule has 0 bridgehead atoms.